The van der Waals surface area contributed by atoms with Crippen LogP contribution >= 0.6 is 24.4 Å². The SMILES string of the molecule is O=S(=O)(O)OCCS(=O)(=O)c1ccc(N=Nc2c(O)c(N=Nc3ccc(S(=O)(=O)CCOSOOO)cc3)c(O)c(N=Nc3cc(SOOO)c4cccc(S(=O)(=O)O)c4c3)c2O)c(S(=O)(=O)O)c1. The number of fused-ring (bicyclic) bond motifs is 1. The van der Waals surface area contributed by atoms with E-state index in [1.54, 1.807) is 0 Å². The first-order valence-electron chi connectivity index (χ1n) is 17.6. The summed E-state index contributed by atoms with van der Waals surface area (Å²) in [4.78, 5) is -3.03. The highest BCUT2D eigenvalue weighted by Crippen LogP contribution is 2.57. The molecule has 8 N–H and O–H groups in total. The monoisotopic (exact) mass is 1100 g/mol. The minimum atomic E-state index is -5.41. The van der Waals surface area contributed by atoms with E-state index in [4.69, 9.17) is 19.3 Å². The van der Waals surface area contributed by atoms with Crippen LogP contribution in [-0.4, -0.2) is 106 Å². The molecule has 0 heterocycles. The highest BCUT2D eigenvalue weighted by atomic mass is 32.3. The average Bonchev–Trinajstić information content (AvgIpc) is 3.26. The number of sulfone groups is 2. The molecule has 0 spiro atoms. The molecule has 0 atom stereocenters. The Kier molecular flexibility index (Phi) is 17.8. The normalized spacial score (nSPS) is 13.1. The minimum absolute atomic E-state index is 0.0297. The predicted molar refractivity (Wildman–Crippen MR) is 231 cm³/mol. The van der Waals surface area contributed by atoms with Gasteiger partial charge < -0.3 is 15.3 Å². The Morgan fingerprint density at radius 3 is 1.62 bits per heavy atom. The van der Waals surface area contributed by atoms with Crippen molar-refractivity contribution in [2.24, 2.45) is 30.7 Å². The Bertz CT molecular complexity index is 3410. The number of hydrogen-bond acceptors (Lipinski definition) is 29. The number of nitrogens with zero attached hydrogens (tertiary/aromatic N) is 6. The number of phenolic OH excluding ortho intramolecular Hbond substituents is 3. The summed E-state index contributed by atoms with van der Waals surface area (Å²) < 4.78 is 168. The Hall–Kier alpha value is -5.43. The molecule has 0 radical (unpaired) electrons. The topological polar surface area (TPSA) is 462 Å². The molecule has 0 aliphatic carbocycles. The van der Waals surface area contributed by atoms with Crippen molar-refractivity contribution in [1.29, 1.82) is 0 Å². The van der Waals surface area contributed by atoms with Gasteiger partial charge in [0.1, 0.15) is 15.5 Å². The van der Waals surface area contributed by atoms with Gasteiger partial charge in [0.15, 0.2) is 66.3 Å². The molecule has 37 heteroatoms. The first kappa shape index (κ1) is 54.5. The molecule has 0 saturated carbocycles. The summed E-state index contributed by atoms with van der Waals surface area (Å²) in [6.45, 7) is -1.54. The lowest BCUT2D eigenvalue weighted by atomic mass is 10.1. The van der Waals surface area contributed by atoms with Crippen molar-refractivity contribution in [3.05, 3.63) is 72.8 Å². The number of phenols is 3. The van der Waals surface area contributed by atoms with E-state index in [0.29, 0.717) is 24.2 Å². The van der Waals surface area contributed by atoms with Gasteiger partial charge in [0.2, 0.25) is 0 Å². The molecule has 30 nitrogen and oxygen atoms in total. The molecule has 0 fully saturated rings. The molecule has 0 bridgehead atoms. The summed E-state index contributed by atoms with van der Waals surface area (Å²) in [7, 11) is -24.0. The third kappa shape index (κ3) is 14.3. The molecule has 5 aromatic carbocycles. The first-order valence-corrected chi connectivity index (χ1v) is 26.5. The predicted octanol–water partition coefficient (Wildman–Crippen LogP) is 6.49. The maximum absolute atomic E-state index is 12.8. The van der Waals surface area contributed by atoms with Gasteiger partial charge in [0.25, 0.3) is 20.2 Å². The summed E-state index contributed by atoms with van der Waals surface area (Å²) in [5.41, 5.74) is -4.46. The number of aromatic hydroxyl groups is 3. The van der Waals surface area contributed by atoms with Crippen molar-refractivity contribution in [3.8, 4) is 17.2 Å². The Labute approximate surface area is 396 Å². The summed E-state index contributed by atoms with van der Waals surface area (Å²) in [6, 6.07) is 12.0. The van der Waals surface area contributed by atoms with E-state index in [2.05, 4.69) is 53.6 Å². The van der Waals surface area contributed by atoms with Crippen LogP contribution in [0.4, 0.5) is 34.1 Å². The van der Waals surface area contributed by atoms with Gasteiger partial charge in [-0.1, -0.05) is 22.2 Å². The molecule has 0 amide bonds. The van der Waals surface area contributed by atoms with E-state index in [0.717, 1.165) is 48.5 Å². The van der Waals surface area contributed by atoms with Crippen LogP contribution < -0.4 is 0 Å². The minimum Gasteiger partial charge on any atom is -0.504 e. The van der Waals surface area contributed by atoms with Gasteiger partial charge >= 0.3 is 10.4 Å². The van der Waals surface area contributed by atoms with Crippen molar-refractivity contribution in [2.45, 2.75) is 24.5 Å². The van der Waals surface area contributed by atoms with Crippen LogP contribution in [0.3, 0.4) is 0 Å². The van der Waals surface area contributed by atoms with Crippen molar-refractivity contribution < 1.29 is 109 Å². The maximum Gasteiger partial charge on any atom is 0.397 e. The van der Waals surface area contributed by atoms with E-state index >= 15 is 0 Å². The zero-order valence-electron chi connectivity index (χ0n) is 33.4. The van der Waals surface area contributed by atoms with Gasteiger partial charge in [-0.2, -0.15) is 35.5 Å². The lowest BCUT2D eigenvalue weighted by molar-refractivity contribution is -0.434. The second-order valence-corrected chi connectivity index (χ2v) is 22.0. The highest BCUT2D eigenvalue weighted by Gasteiger charge is 2.27. The van der Waals surface area contributed by atoms with Gasteiger partial charge in [-0.25, -0.2) is 31.5 Å². The fourth-order valence-electron chi connectivity index (χ4n) is 5.38. The molecule has 0 aliphatic rings. The average molecular weight is 1110 g/mol. The molecule has 69 heavy (non-hydrogen) atoms. The molecule has 5 rings (SSSR count). The molecular weight excluding hydrogens is 1080 g/mol. The molecule has 5 aromatic rings. The third-order valence-electron chi connectivity index (χ3n) is 8.36. The van der Waals surface area contributed by atoms with E-state index < -0.39 is 130 Å². The molecular formula is C32H28N6O24S7. The Balaban J connectivity index is 1.65. The standard InChI is InChI=1S/C32H28N6O24S7/c39-30-27(36-33-17-4-6-19(7-5-17)65(44,45)12-10-57-64-62-60-43)31(40)29(38-35-23-9-8-20(16-26(23)68(51,52)53)66(46,47)13-11-58-69(54,55)56)32(41)28(30)37-34-18-14-22-21(24(15-18)63-61-59-42)2-1-3-25(22)67(48,49)50/h1-9,14-16,39-43H,10-13H2,(H,48,49,50)(H,51,52,53)(H,54,55,56). The van der Waals surface area contributed by atoms with Gasteiger partial charge in [0.05, 0.1) is 57.9 Å². The lowest BCUT2D eigenvalue weighted by Gasteiger charge is -2.11. The summed E-state index contributed by atoms with van der Waals surface area (Å²) in [5, 5.41) is 80.1. The first-order chi connectivity index (χ1) is 32.3. The van der Waals surface area contributed by atoms with Crippen LogP contribution in [0.1, 0.15) is 0 Å². The second kappa shape index (κ2) is 22.5. The van der Waals surface area contributed by atoms with E-state index in [1.807, 2.05) is 0 Å². The van der Waals surface area contributed by atoms with E-state index in [1.165, 1.54) is 12.1 Å². The largest absolute Gasteiger partial charge is 0.504 e. The number of rotatable bonds is 23. The van der Waals surface area contributed by atoms with Crippen LogP contribution in [0, 0.1) is 0 Å². The molecule has 0 aromatic heterocycles. The van der Waals surface area contributed by atoms with Gasteiger partial charge in [-0.3, -0.25) is 17.8 Å². The van der Waals surface area contributed by atoms with Crippen molar-refractivity contribution in [2.75, 3.05) is 24.7 Å². The van der Waals surface area contributed by atoms with Crippen molar-refractivity contribution in [1.82, 2.24) is 0 Å². The molecule has 0 saturated heterocycles. The molecule has 0 unspecified atom stereocenters. The quantitative estimate of drug-likeness (QED) is 0.00864. The summed E-state index contributed by atoms with van der Waals surface area (Å²) >= 11 is 0.466. The molecule has 0 aliphatic heterocycles. The Morgan fingerprint density at radius 1 is 0.522 bits per heavy atom. The van der Waals surface area contributed by atoms with Crippen molar-refractivity contribution >= 4 is 120 Å². The van der Waals surface area contributed by atoms with Crippen LogP contribution in [0.25, 0.3) is 10.8 Å². The van der Waals surface area contributed by atoms with Crippen LogP contribution in [0.15, 0.2) is 128 Å². The second-order valence-electron chi connectivity index (χ2n) is 12.7. The smallest absolute Gasteiger partial charge is 0.397 e. The zero-order valence-corrected chi connectivity index (χ0v) is 39.1. The lowest BCUT2D eigenvalue weighted by Crippen LogP contribution is -2.16. The zero-order chi connectivity index (χ0) is 51.0. The number of benzene rings is 5. The van der Waals surface area contributed by atoms with Crippen molar-refractivity contribution in [3.63, 3.8) is 0 Å². The summed E-state index contributed by atoms with van der Waals surface area (Å²) in [5.74, 6) is -5.51. The maximum atomic E-state index is 12.8. The fraction of sp³-hybridized carbons (Fsp3) is 0.125. The van der Waals surface area contributed by atoms with Crippen LogP contribution in [0.5, 0.6) is 17.2 Å². The Morgan fingerprint density at radius 2 is 1.06 bits per heavy atom. The van der Waals surface area contributed by atoms with Gasteiger partial charge in [-0.05, 0) is 66.0 Å². The van der Waals surface area contributed by atoms with E-state index in [-0.39, 0.29) is 44.3 Å². The van der Waals surface area contributed by atoms with E-state index in [9.17, 15) is 66.5 Å². The van der Waals surface area contributed by atoms with Gasteiger partial charge in [-0.15, -0.1) is 29.1 Å². The number of azo groups is 3. The van der Waals surface area contributed by atoms with Crippen LogP contribution in [0.2, 0.25) is 0 Å². The fourth-order valence-corrected chi connectivity index (χ4v) is 10.3. The van der Waals surface area contributed by atoms with Crippen LogP contribution in [-0.2, 0) is 77.4 Å². The van der Waals surface area contributed by atoms with Gasteiger partial charge in [0, 0.05) is 10.3 Å². The summed E-state index contributed by atoms with van der Waals surface area (Å²) in [6.07, 6.45) is 0. The number of hydrogen-bond donors (Lipinski definition) is 8. The highest BCUT2D eigenvalue weighted by molar-refractivity contribution is 7.95. The molecule has 372 valence electrons. The third-order valence-corrected chi connectivity index (χ3v) is 15.0.